The number of fused-ring (bicyclic) bond motifs is 1. The first-order valence-corrected chi connectivity index (χ1v) is 5.41. The average Bonchev–Trinajstić information content (AvgIpc) is 2.68. The van der Waals surface area contributed by atoms with E-state index in [9.17, 15) is 4.79 Å². The minimum absolute atomic E-state index is 0.662. The zero-order chi connectivity index (χ0) is 11.4. The van der Waals surface area contributed by atoms with Gasteiger partial charge in [0, 0.05) is 23.7 Å². The average molecular weight is 211 g/mol. The molecule has 0 saturated carbocycles. The van der Waals surface area contributed by atoms with E-state index in [0.29, 0.717) is 5.56 Å². The van der Waals surface area contributed by atoms with E-state index in [1.807, 2.05) is 34.9 Å². The summed E-state index contributed by atoms with van der Waals surface area (Å²) in [5.74, 6) is 6.14. The third kappa shape index (κ3) is 1.85. The molecule has 16 heavy (non-hydrogen) atoms. The minimum atomic E-state index is 0.662. The molecule has 0 fully saturated rings. The SMILES string of the molecule is CCCC#Cc1c(C=O)cc2ccccn12. The number of carbonyl (C=O) groups is 1. The molecule has 80 valence electrons. The molecular formula is C14H13NO. The van der Waals surface area contributed by atoms with E-state index in [1.54, 1.807) is 0 Å². The fraction of sp³-hybridized carbons (Fsp3) is 0.214. The molecule has 0 radical (unpaired) electrons. The van der Waals surface area contributed by atoms with Crippen LogP contribution in [0.2, 0.25) is 0 Å². The van der Waals surface area contributed by atoms with E-state index >= 15 is 0 Å². The van der Waals surface area contributed by atoms with Crippen LogP contribution in [0.5, 0.6) is 0 Å². The number of pyridine rings is 1. The van der Waals surface area contributed by atoms with Gasteiger partial charge in [-0.05, 0) is 30.5 Å². The first kappa shape index (κ1) is 10.5. The van der Waals surface area contributed by atoms with Crippen molar-refractivity contribution in [3.63, 3.8) is 0 Å². The third-order valence-electron chi connectivity index (χ3n) is 2.42. The van der Waals surface area contributed by atoms with Crippen molar-refractivity contribution in [2.75, 3.05) is 0 Å². The Balaban J connectivity index is 2.57. The molecule has 2 nitrogen and oxygen atoms in total. The molecule has 0 atom stereocenters. The van der Waals surface area contributed by atoms with Crippen LogP contribution in [0.1, 0.15) is 35.8 Å². The number of hydrogen-bond acceptors (Lipinski definition) is 1. The molecule has 0 spiro atoms. The van der Waals surface area contributed by atoms with Crippen LogP contribution in [0.4, 0.5) is 0 Å². The van der Waals surface area contributed by atoms with Gasteiger partial charge >= 0.3 is 0 Å². The van der Waals surface area contributed by atoms with Crippen LogP contribution >= 0.6 is 0 Å². The van der Waals surface area contributed by atoms with Gasteiger partial charge in [0.05, 0.1) is 0 Å². The monoisotopic (exact) mass is 211 g/mol. The van der Waals surface area contributed by atoms with E-state index in [-0.39, 0.29) is 0 Å². The summed E-state index contributed by atoms with van der Waals surface area (Å²) in [7, 11) is 0. The molecule has 2 rings (SSSR count). The summed E-state index contributed by atoms with van der Waals surface area (Å²) in [6.45, 7) is 2.09. The van der Waals surface area contributed by atoms with E-state index < -0.39 is 0 Å². The summed E-state index contributed by atoms with van der Waals surface area (Å²) in [5.41, 5.74) is 2.46. The van der Waals surface area contributed by atoms with Crippen molar-refractivity contribution in [3.05, 3.63) is 41.7 Å². The maximum atomic E-state index is 10.9. The fourth-order valence-corrected chi connectivity index (χ4v) is 1.64. The number of aldehydes is 1. The summed E-state index contributed by atoms with van der Waals surface area (Å²) in [6, 6.07) is 7.72. The summed E-state index contributed by atoms with van der Waals surface area (Å²) >= 11 is 0. The van der Waals surface area contributed by atoms with Crippen molar-refractivity contribution < 1.29 is 4.79 Å². The van der Waals surface area contributed by atoms with Gasteiger partial charge in [-0.25, -0.2) is 0 Å². The highest BCUT2D eigenvalue weighted by molar-refractivity contribution is 5.82. The fourth-order valence-electron chi connectivity index (χ4n) is 1.64. The number of carbonyl (C=O) groups excluding carboxylic acids is 1. The lowest BCUT2D eigenvalue weighted by molar-refractivity contribution is 0.112. The van der Waals surface area contributed by atoms with Crippen molar-refractivity contribution in [1.82, 2.24) is 4.40 Å². The summed E-state index contributed by atoms with van der Waals surface area (Å²) < 4.78 is 1.95. The lowest BCUT2D eigenvalue weighted by Crippen LogP contribution is -1.89. The Morgan fingerprint density at radius 3 is 3.06 bits per heavy atom. The second-order valence-corrected chi connectivity index (χ2v) is 3.61. The van der Waals surface area contributed by atoms with Crippen LogP contribution in [-0.2, 0) is 0 Å². The van der Waals surface area contributed by atoms with Gasteiger partial charge in [0.2, 0.25) is 0 Å². The minimum Gasteiger partial charge on any atom is -0.309 e. The molecule has 0 saturated heterocycles. The van der Waals surface area contributed by atoms with Crippen LogP contribution in [0.3, 0.4) is 0 Å². The maximum Gasteiger partial charge on any atom is 0.152 e. The first-order chi connectivity index (χ1) is 7.86. The zero-order valence-electron chi connectivity index (χ0n) is 9.23. The highest BCUT2D eigenvalue weighted by atomic mass is 16.1. The molecule has 0 bridgehead atoms. The molecular weight excluding hydrogens is 198 g/mol. The van der Waals surface area contributed by atoms with Crippen molar-refractivity contribution in [1.29, 1.82) is 0 Å². The van der Waals surface area contributed by atoms with E-state index in [0.717, 1.165) is 30.3 Å². The standard InChI is InChI=1S/C14H13NO/c1-2-3-4-8-14-12(11-16)10-13-7-5-6-9-15(13)14/h5-7,9-11H,2-3H2,1H3. The molecule has 0 aliphatic rings. The Labute approximate surface area is 94.9 Å². The van der Waals surface area contributed by atoms with Gasteiger partial charge in [-0.2, -0.15) is 0 Å². The van der Waals surface area contributed by atoms with E-state index in [1.165, 1.54) is 0 Å². The van der Waals surface area contributed by atoms with Crippen LogP contribution < -0.4 is 0 Å². The van der Waals surface area contributed by atoms with Gasteiger partial charge in [0.15, 0.2) is 6.29 Å². The smallest absolute Gasteiger partial charge is 0.152 e. The molecule has 2 aromatic heterocycles. The quantitative estimate of drug-likeness (QED) is 0.553. The van der Waals surface area contributed by atoms with Crippen molar-refractivity contribution in [2.24, 2.45) is 0 Å². The molecule has 0 aliphatic heterocycles. The number of nitrogens with zero attached hydrogens (tertiary/aromatic N) is 1. The largest absolute Gasteiger partial charge is 0.309 e. The number of aromatic nitrogens is 1. The van der Waals surface area contributed by atoms with Crippen LogP contribution in [0, 0.1) is 11.8 Å². The molecule has 0 aromatic carbocycles. The van der Waals surface area contributed by atoms with Gasteiger partial charge in [0.25, 0.3) is 0 Å². The Morgan fingerprint density at radius 1 is 1.44 bits per heavy atom. The number of rotatable bonds is 2. The molecule has 2 heterocycles. The lowest BCUT2D eigenvalue weighted by Gasteiger charge is -1.95. The molecule has 0 aliphatic carbocycles. The normalized spacial score (nSPS) is 9.81. The van der Waals surface area contributed by atoms with Crippen LogP contribution in [-0.4, -0.2) is 10.7 Å². The predicted octanol–water partition coefficient (Wildman–Crippen LogP) is 2.90. The van der Waals surface area contributed by atoms with Crippen molar-refractivity contribution in [2.45, 2.75) is 19.8 Å². The third-order valence-corrected chi connectivity index (χ3v) is 2.42. The molecule has 0 amide bonds. The Bertz CT molecular complexity index is 569. The molecule has 2 heteroatoms. The second-order valence-electron chi connectivity index (χ2n) is 3.61. The Kier molecular flexibility index (Phi) is 3.07. The van der Waals surface area contributed by atoms with E-state index in [4.69, 9.17) is 0 Å². The topological polar surface area (TPSA) is 21.5 Å². The van der Waals surface area contributed by atoms with Gasteiger partial charge < -0.3 is 4.40 Å². The van der Waals surface area contributed by atoms with Gasteiger partial charge in [-0.1, -0.05) is 18.9 Å². The first-order valence-electron chi connectivity index (χ1n) is 5.41. The van der Waals surface area contributed by atoms with Crippen LogP contribution in [0.15, 0.2) is 30.5 Å². The number of hydrogen-bond donors (Lipinski definition) is 0. The van der Waals surface area contributed by atoms with Gasteiger partial charge in [-0.3, -0.25) is 4.79 Å². The molecule has 0 unspecified atom stereocenters. The Morgan fingerprint density at radius 2 is 2.31 bits per heavy atom. The summed E-state index contributed by atoms with van der Waals surface area (Å²) in [5, 5.41) is 0. The number of unbranched alkanes of at least 4 members (excludes halogenated alkanes) is 1. The van der Waals surface area contributed by atoms with Crippen molar-refractivity contribution in [3.8, 4) is 11.8 Å². The predicted molar refractivity (Wildman–Crippen MR) is 64.6 cm³/mol. The highest BCUT2D eigenvalue weighted by Gasteiger charge is 2.05. The van der Waals surface area contributed by atoms with E-state index in [2.05, 4.69) is 18.8 Å². The zero-order valence-corrected chi connectivity index (χ0v) is 9.23. The van der Waals surface area contributed by atoms with Crippen LogP contribution in [0.25, 0.3) is 5.52 Å². The summed E-state index contributed by atoms with van der Waals surface area (Å²) in [6.07, 6.45) is 4.69. The Hall–Kier alpha value is -2.01. The second kappa shape index (κ2) is 4.67. The van der Waals surface area contributed by atoms with Gasteiger partial charge in [0.1, 0.15) is 5.69 Å². The maximum absolute atomic E-state index is 10.9. The molecule has 0 N–H and O–H groups in total. The van der Waals surface area contributed by atoms with Crippen molar-refractivity contribution >= 4 is 11.8 Å². The molecule has 2 aromatic rings. The van der Waals surface area contributed by atoms with Gasteiger partial charge in [-0.15, -0.1) is 0 Å². The summed E-state index contributed by atoms with van der Waals surface area (Å²) in [4.78, 5) is 10.9. The lowest BCUT2D eigenvalue weighted by atomic mass is 10.2. The highest BCUT2D eigenvalue weighted by Crippen LogP contribution is 2.14.